The number of hydrogen-bond acceptors (Lipinski definition) is 5. The third-order valence-corrected chi connectivity index (χ3v) is 6.00. The van der Waals surface area contributed by atoms with Crippen molar-refractivity contribution < 1.29 is 13.2 Å². The minimum atomic E-state index is -3.23. The fourth-order valence-corrected chi connectivity index (χ4v) is 4.63. The number of sulfonamides is 1. The Balaban J connectivity index is 1.86. The smallest absolute Gasteiger partial charge is 0.217 e. The molecule has 0 radical (unpaired) electrons. The molecule has 1 unspecified atom stereocenters. The predicted octanol–water partition coefficient (Wildman–Crippen LogP) is 1.41. The quantitative estimate of drug-likeness (QED) is 0.832. The summed E-state index contributed by atoms with van der Waals surface area (Å²) in [5.41, 5.74) is 6.24. The maximum Gasteiger partial charge on any atom is 0.217 e. The molecular weight excluding hydrogens is 296 g/mol. The van der Waals surface area contributed by atoms with Crippen molar-refractivity contribution in [1.29, 1.82) is 0 Å². The molecule has 1 aliphatic rings. The van der Waals surface area contributed by atoms with Crippen molar-refractivity contribution >= 4 is 27.5 Å². The molecule has 0 aromatic heterocycles. The normalized spacial score (nSPS) is 20.8. The zero-order chi connectivity index (χ0) is 14.6. The summed E-state index contributed by atoms with van der Waals surface area (Å²) in [6, 6.07) is 6.99. The Labute approximate surface area is 124 Å². The van der Waals surface area contributed by atoms with Gasteiger partial charge in [-0.1, -0.05) is 13.0 Å². The van der Waals surface area contributed by atoms with Crippen molar-refractivity contribution in [1.82, 2.24) is 4.31 Å². The number of benzene rings is 1. The fraction of sp³-hybridized carbons (Fsp3) is 0.538. The molecule has 1 saturated heterocycles. The largest absolute Gasteiger partial charge is 0.492 e. The number of thioether (sulfide) groups is 1. The predicted molar refractivity (Wildman–Crippen MR) is 83.6 cm³/mol. The fourth-order valence-electron chi connectivity index (χ4n) is 2.04. The number of rotatable bonds is 5. The molecule has 1 fully saturated rings. The molecule has 2 rings (SSSR count). The van der Waals surface area contributed by atoms with Crippen LogP contribution in [0.15, 0.2) is 24.3 Å². The van der Waals surface area contributed by atoms with Gasteiger partial charge in [-0.05, 0) is 12.1 Å². The van der Waals surface area contributed by atoms with Crippen LogP contribution in [0.4, 0.5) is 5.69 Å². The van der Waals surface area contributed by atoms with Gasteiger partial charge in [0.2, 0.25) is 10.0 Å². The Kier molecular flexibility index (Phi) is 5.17. The molecule has 0 bridgehead atoms. The summed E-state index contributed by atoms with van der Waals surface area (Å²) >= 11 is 1.81. The zero-order valence-corrected chi connectivity index (χ0v) is 13.1. The number of nitrogen functional groups attached to an aromatic ring is 1. The number of hydrogen-bond donors (Lipinski definition) is 1. The molecule has 1 atom stereocenters. The number of anilines is 1. The molecule has 2 N–H and O–H groups in total. The highest BCUT2D eigenvalue weighted by Crippen LogP contribution is 2.20. The average Bonchev–Trinajstić information content (AvgIpc) is 2.38. The van der Waals surface area contributed by atoms with Crippen LogP contribution in [-0.4, -0.2) is 49.2 Å². The van der Waals surface area contributed by atoms with Gasteiger partial charge in [0.05, 0.1) is 5.75 Å². The van der Waals surface area contributed by atoms with Crippen LogP contribution in [0.5, 0.6) is 5.75 Å². The van der Waals surface area contributed by atoms with Gasteiger partial charge in [-0.15, -0.1) is 0 Å². The second-order valence-electron chi connectivity index (χ2n) is 4.78. The highest BCUT2D eigenvalue weighted by molar-refractivity contribution is 8.00. The highest BCUT2D eigenvalue weighted by atomic mass is 32.2. The van der Waals surface area contributed by atoms with Gasteiger partial charge >= 0.3 is 0 Å². The van der Waals surface area contributed by atoms with E-state index >= 15 is 0 Å². The van der Waals surface area contributed by atoms with Crippen LogP contribution in [0.2, 0.25) is 0 Å². The van der Waals surface area contributed by atoms with E-state index in [1.54, 1.807) is 28.6 Å². The Morgan fingerprint density at radius 3 is 3.00 bits per heavy atom. The first-order chi connectivity index (χ1) is 9.47. The Morgan fingerprint density at radius 2 is 2.30 bits per heavy atom. The third-order valence-electron chi connectivity index (χ3n) is 3.07. The summed E-state index contributed by atoms with van der Waals surface area (Å²) < 4.78 is 31.4. The zero-order valence-electron chi connectivity index (χ0n) is 11.5. The molecule has 20 heavy (non-hydrogen) atoms. The summed E-state index contributed by atoms with van der Waals surface area (Å²) in [5, 5.41) is 0.355. The van der Waals surface area contributed by atoms with Gasteiger partial charge in [-0.25, -0.2) is 8.42 Å². The molecule has 112 valence electrons. The van der Waals surface area contributed by atoms with Gasteiger partial charge in [0.25, 0.3) is 0 Å². The first-order valence-electron chi connectivity index (χ1n) is 6.55. The average molecular weight is 316 g/mol. The highest BCUT2D eigenvalue weighted by Gasteiger charge is 2.27. The van der Waals surface area contributed by atoms with Crippen molar-refractivity contribution in [3.05, 3.63) is 24.3 Å². The molecule has 1 heterocycles. The van der Waals surface area contributed by atoms with E-state index in [1.165, 1.54) is 0 Å². The number of nitrogens with two attached hydrogens (primary N) is 1. The first-order valence-corrected chi connectivity index (χ1v) is 9.21. The maximum atomic E-state index is 12.2. The van der Waals surface area contributed by atoms with E-state index in [0.29, 0.717) is 29.8 Å². The SMILES string of the molecule is CC1CN(S(=O)(=O)CCOc2cccc(N)c2)CCS1. The summed E-state index contributed by atoms with van der Waals surface area (Å²) in [6.07, 6.45) is 0. The van der Waals surface area contributed by atoms with Crippen LogP contribution < -0.4 is 10.5 Å². The van der Waals surface area contributed by atoms with Gasteiger partial charge in [-0.3, -0.25) is 0 Å². The minimum Gasteiger partial charge on any atom is -0.492 e. The maximum absolute atomic E-state index is 12.2. The van der Waals surface area contributed by atoms with Crippen LogP contribution in [0, 0.1) is 0 Å². The summed E-state index contributed by atoms with van der Waals surface area (Å²) in [4.78, 5) is 0. The van der Waals surface area contributed by atoms with Crippen LogP contribution in [0.3, 0.4) is 0 Å². The molecule has 0 saturated carbocycles. The van der Waals surface area contributed by atoms with Gasteiger partial charge in [0.1, 0.15) is 12.4 Å². The summed E-state index contributed by atoms with van der Waals surface area (Å²) in [5.74, 6) is 1.46. The number of ether oxygens (including phenoxy) is 1. The van der Waals surface area contributed by atoms with Crippen molar-refractivity contribution in [3.63, 3.8) is 0 Å². The second-order valence-corrected chi connectivity index (χ2v) is 8.41. The summed E-state index contributed by atoms with van der Waals surface area (Å²) in [7, 11) is -3.23. The Bertz CT molecular complexity index is 548. The monoisotopic (exact) mass is 316 g/mol. The molecule has 1 aromatic rings. The molecule has 0 spiro atoms. The Morgan fingerprint density at radius 1 is 1.50 bits per heavy atom. The molecular formula is C13H20N2O3S2. The minimum absolute atomic E-state index is 0.000808. The van der Waals surface area contributed by atoms with Gasteiger partial charge in [0.15, 0.2) is 0 Å². The van der Waals surface area contributed by atoms with E-state index in [1.807, 2.05) is 11.8 Å². The van der Waals surface area contributed by atoms with Gasteiger partial charge < -0.3 is 10.5 Å². The lowest BCUT2D eigenvalue weighted by atomic mass is 10.3. The van der Waals surface area contributed by atoms with Crippen LogP contribution in [0.1, 0.15) is 6.92 Å². The standard InChI is InChI=1S/C13H20N2O3S2/c1-11-10-15(5-7-19-11)20(16,17)8-6-18-13-4-2-3-12(14)9-13/h2-4,9,11H,5-8,10,14H2,1H3. The molecule has 7 heteroatoms. The van der Waals surface area contributed by atoms with E-state index in [4.69, 9.17) is 10.5 Å². The molecule has 0 aliphatic carbocycles. The number of nitrogens with zero attached hydrogens (tertiary/aromatic N) is 1. The lowest BCUT2D eigenvalue weighted by molar-refractivity contribution is 0.334. The first kappa shape index (κ1) is 15.5. The van der Waals surface area contributed by atoms with E-state index in [2.05, 4.69) is 6.92 Å². The van der Waals surface area contributed by atoms with Crippen LogP contribution >= 0.6 is 11.8 Å². The van der Waals surface area contributed by atoms with Crippen LogP contribution in [0.25, 0.3) is 0 Å². The van der Waals surface area contributed by atoms with E-state index in [0.717, 1.165) is 5.75 Å². The van der Waals surface area contributed by atoms with E-state index in [-0.39, 0.29) is 12.4 Å². The van der Waals surface area contributed by atoms with Crippen molar-refractivity contribution in [2.45, 2.75) is 12.2 Å². The van der Waals surface area contributed by atoms with Crippen molar-refractivity contribution in [2.24, 2.45) is 0 Å². The third kappa shape index (κ3) is 4.29. The van der Waals surface area contributed by atoms with E-state index < -0.39 is 10.0 Å². The summed E-state index contributed by atoms with van der Waals surface area (Å²) in [6.45, 7) is 3.38. The van der Waals surface area contributed by atoms with E-state index in [9.17, 15) is 8.42 Å². The van der Waals surface area contributed by atoms with Gasteiger partial charge in [0, 0.05) is 35.8 Å². The van der Waals surface area contributed by atoms with Crippen molar-refractivity contribution in [2.75, 3.05) is 36.9 Å². The lowest BCUT2D eigenvalue weighted by Gasteiger charge is -2.29. The second kappa shape index (κ2) is 6.69. The molecule has 5 nitrogen and oxygen atoms in total. The molecule has 1 aliphatic heterocycles. The van der Waals surface area contributed by atoms with Crippen LogP contribution in [-0.2, 0) is 10.0 Å². The Hall–Kier alpha value is -0.920. The molecule has 1 aromatic carbocycles. The topological polar surface area (TPSA) is 72.6 Å². The lowest BCUT2D eigenvalue weighted by Crippen LogP contribution is -2.42. The van der Waals surface area contributed by atoms with Crippen molar-refractivity contribution in [3.8, 4) is 5.75 Å². The molecule has 0 amide bonds. The van der Waals surface area contributed by atoms with Gasteiger partial charge in [-0.2, -0.15) is 16.1 Å².